The molecule has 2 amide bonds. The summed E-state index contributed by atoms with van der Waals surface area (Å²) in [5.74, 6) is -0.228. The van der Waals surface area contributed by atoms with Crippen molar-refractivity contribution in [3.8, 4) is 0 Å². The lowest BCUT2D eigenvalue weighted by Gasteiger charge is -2.10. The first-order valence-corrected chi connectivity index (χ1v) is 6.99. The van der Waals surface area contributed by atoms with Crippen LogP contribution >= 0.6 is 11.3 Å². The van der Waals surface area contributed by atoms with Gasteiger partial charge in [0.2, 0.25) is 5.91 Å². The van der Waals surface area contributed by atoms with Crippen LogP contribution in [0.1, 0.15) is 33.0 Å². The van der Waals surface area contributed by atoms with Gasteiger partial charge in [-0.2, -0.15) is 0 Å². The second kappa shape index (κ2) is 5.52. The quantitative estimate of drug-likeness (QED) is 0.900. The van der Waals surface area contributed by atoms with E-state index in [4.69, 9.17) is 0 Å². The van der Waals surface area contributed by atoms with Crippen LogP contribution in [0.5, 0.6) is 0 Å². The van der Waals surface area contributed by atoms with Gasteiger partial charge in [0.05, 0.1) is 11.4 Å². The van der Waals surface area contributed by atoms with E-state index in [1.165, 1.54) is 28.2 Å². The van der Waals surface area contributed by atoms with E-state index < -0.39 is 0 Å². The fourth-order valence-electron chi connectivity index (χ4n) is 2.00. The minimum Gasteiger partial charge on any atom is -0.347 e. The molecule has 5 heteroatoms. The maximum atomic E-state index is 11.9. The molecule has 0 saturated carbocycles. The molecule has 0 aliphatic heterocycles. The number of nitrogens with one attached hydrogen (secondary N) is 1. The number of aryl methyl sites for hydroxylation is 2. The predicted molar refractivity (Wildman–Crippen MR) is 72.0 cm³/mol. The van der Waals surface area contributed by atoms with E-state index in [9.17, 15) is 9.59 Å². The molecule has 18 heavy (non-hydrogen) atoms. The Morgan fingerprint density at radius 2 is 2.06 bits per heavy atom. The van der Waals surface area contributed by atoms with Crippen molar-refractivity contribution in [2.45, 2.75) is 25.7 Å². The molecule has 1 heterocycles. The van der Waals surface area contributed by atoms with Gasteiger partial charge in [0.15, 0.2) is 0 Å². The van der Waals surface area contributed by atoms with Gasteiger partial charge in [-0.25, -0.2) is 0 Å². The van der Waals surface area contributed by atoms with Gasteiger partial charge in [-0.05, 0) is 37.3 Å². The number of rotatable bonds is 3. The highest BCUT2D eigenvalue weighted by Gasteiger charge is 2.17. The molecule has 1 aromatic heterocycles. The Hall–Kier alpha value is -1.36. The number of nitrogens with zero attached hydrogens (tertiary/aromatic N) is 1. The summed E-state index contributed by atoms with van der Waals surface area (Å²) in [4.78, 5) is 26.8. The molecule has 0 spiro atoms. The number of likely N-dealkylation sites (N-methyl/N-ethyl adjacent to an activating group) is 1. The molecule has 1 N–H and O–H groups in total. The molecule has 1 aliphatic rings. The number of hydrogen-bond acceptors (Lipinski definition) is 3. The van der Waals surface area contributed by atoms with Gasteiger partial charge in [0.25, 0.3) is 5.91 Å². The van der Waals surface area contributed by atoms with Crippen molar-refractivity contribution in [3.05, 3.63) is 21.4 Å². The van der Waals surface area contributed by atoms with Crippen molar-refractivity contribution >= 4 is 23.2 Å². The fraction of sp³-hybridized carbons (Fsp3) is 0.538. The summed E-state index contributed by atoms with van der Waals surface area (Å²) in [6.45, 7) is 0.0639. The Balaban J connectivity index is 1.97. The predicted octanol–water partition coefficient (Wildman–Crippen LogP) is 1.44. The molecular weight excluding hydrogens is 248 g/mol. The number of hydrogen-bond donors (Lipinski definition) is 1. The third-order valence-corrected chi connectivity index (χ3v) is 4.36. The zero-order valence-electron chi connectivity index (χ0n) is 10.8. The Morgan fingerprint density at radius 1 is 1.33 bits per heavy atom. The zero-order chi connectivity index (χ0) is 13.1. The third kappa shape index (κ3) is 2.90. The SMILES string of the molecule is CN(C)C(=O)CNC(=O)c1cc2c(s1)CCCC2. The summed E-state index contributed by atoms with van der Waals surface area (Å²) in [7, 11) is 3.36. The summed E-state index contributed by atoms with van der Waals surface area (Å²) in [6.07, 6.45) is 4.59. The first-order chi connectivity index (χ1) is 8.58. The number of carbonyl (C=O) groups is 2. The van der Waals surface area contributed by atoms with Crippen LogP contribution in [0, 0.1) is 0 Å². The second-order valence-electron chi connectivity index (χ2n) is 4.74. The van der Waals surface area contributed by atoms with Crippen LogP contribution in [-0.2, 0) is 17.6 Å². The van der Waals surface area contributed by atoms with Crippen molar-refractivity contribution in [2.75, 3.05) is 20.6 Å². The van der Waals surface area contributed by atoms with Gasteiger partial charge >= 0.3 is 0 Å². The topological polar surface area (TPSA) is 49.4 Å². The van der Waals surface area contributed by atoms with E-state index in [0.29, 0.717) is 0 Å². The van der Waals surface area contributed by atoms with Gasteiger partial charge in [-0.15, -0.1) is 11.3 Å². The molecule has 4 nitrogen and oxygen atoms in total. The Bertz CT molecular complexity index is 442. The van der Waals surface area contributed by atoms with E-state index >= 15 is 0 Å². The normalized spacial score (nSPS) is 13.9. The molecule has 1 aromatic rings. The van der Waals surface area contributed by atoms with Crippen LogP contribution in [0.4, 0.5) is 0 Å². The van der Waals surface area contributed by atoms with Crippen molar-refractivity contribution < 1.29 is 9.59 Å². The Labute approximate surface area is 111 Å². The van der Waals surface area contributed by atoms with Crippen molar-refractivity contribution in [1.29, 1.82) is 0 Å². The average Bonchev–Trinajstić information content (AvgIpc) is 2.79. The molecule has 0 bridgehead atoms. The number of thiophene rings is 1. The summed E-state index contributed by atoms with van der Waals surface area (Å²) in [5.41, 5.74) is 1.32. The van der Waals surface area contributed by atoms with Gasteiger partial charge in [0, 0.05) is 19.0 Å². The van der Waals surface area contributed by atoms with Crippen LogP contribution in [0.2, 0.25) is 0 Å². The second-order valence-corrected chi connectivity index (χ2v) is 5.87. The molecule has 0 atom stereocenters. The summed E-state index contributed by atoms with van der Waals surface area (Å²) >= 11 is 1.57. The summed E-state index contributed by atoms with van der Waals surface area (Å²) in [6, 6.07) is 1.98. The highest BCUT2D eigenvalue weighted by Crippen LogP contribution is 2.29. The smallest absolute Gasteiger partial charge is 0.261 e. The van der Waals surface area contributed by atoms with Crippen LogP contribution in [0.15, 0.2) is 6.07 Å². The number of amides is 2. The van der Waals surface area contributed by atoms with Crippen molar-refractivity contribution in [2.24, 2.45) is 0 Å². The maximum absolute atomic E-state index is 11.9. The third-order valence-electron chi connectivity index (χ3n) is 3.12. The van der Waals surface area contributed by atoms with Crippen LogP contribution in [0.25, 0.3) is 0 Å². The molecule has 1 aliphatic carbocycles. The van der Waals surface area contributed by atoms with Crippen molar-refractivity contribution in [1.82, 2.24) is 10.2 Å². The van der Waals surface area contributed by atoms with Crippen LogP contribution < -0.4 is 5.32 Å². The molecule has 0 radical (unpaired) electrons. The van der Waals surface area contributed by atoms with E-state index in [1.54, 1.807) is 25.4 Å². The highest BCUT2D eigenvalue weighted by atomic mass is 32.1. The van der Waals surface area contributed by atoms with Gasteiger partial charge in [0.1, 0.15) is 0 Å². The molecule has 2 rings (SSSR count). The fourth-order valence-corrected chi connectivity index (χ4v) is 3.17. The van der Waals surface area contributed by atoms with E-state index in [1.807, 2.05) is 6.07 Å². The van der Waals surface area contributed by atoms with Gasteiger partial charge < -0.3 is 10.2 Å². The molecule has 0 fully saturated rings. The van der Waals surface area contributed by atoms with Gasteiger partial charge in [-0.3, -0.25) is 9.59 Å². The number of carbonyl (C=O) groups excluding carboxylic acids is 2. The monoisotopic (exact) mass is 266 g/mol. The first-order valence-electron chi connectivity index (χ1n) is 6.18. The van der Waals surface area contributed by atoms with E-state index in [2.05, 4.69) is 5.32 Å². The molecule has 0 unspecified atom stereocenters. The number of fused-ring (bicyclic) bond motifs is 1. The minimum absolute atomic E-state index is 0.0639. The molecule has 98 valence electrons. The van der Waals surface area contributed by atoms with Crippen molar-refractivity contribution in [3.63, 3.8) is 0 Å². The summed E-state index contributed by atoms with van der Waals surface area (Å²) in [5, 5.41) is 2.67. The molecule has 0 aromatic carbocycles. The lowest BCUT2D eigenvalue weighted by Crippen LogP contribution is -2.35. The first kappa shape index (κ1) is 13.1. The standard InChI is InChI=1S/C13H18N2O2S/c1-15(2)12(16)8-14-13(17)11-7-9-5-3-4-6-10(9)18-11/h7H,3-6,8H2,1-2H3,(H,14,17). The summed E-state index contributed by atoms with van der Waals surface area (Å²) < 4.78 is 0. The average molecular weight is 266 g/mol. The Morgan fingerprint density at radius 3 is 2.72 bits per heavy atom. The van der Waals surface area contributed by atoms with E-state index in [-0.39, 0.29) is 18.4 Å². The molecular formula is C13H18N2O2S. The highest BCUT2D eigenvalue weighted by molar-refractivity contribution is 7.14. The molecule has 0 saturated heterocycles. The lowest BCUT2D eigenvalue weighted by atomic mass is 9.99. The largest absolute Gasteiger partial charge is 0.347 e. The van der Waals surface area contributed by atoms with E-state index in [0.717, 1.165) is 17.7 Å². The minimum atomic E-state index is -0.135. The Kier molecular flexibility index (Phi) is 4.01. The van der Waals surface area contributed by atoms with Gasteiger partial charge in [-0.1, -0.05) is 0 Å². The van der Waals surface area contributed by atoms with Crippen LogP contribution in [-0.4, -0.2) is 37.4 Å². The maximum Gasteiger partial charge on any atom is 0.261 e. The van der Waals surface area contributed by atoms with Crippen LogP contribution in [0.3, 0.4) is 0 Å². The lowest BCUT2D eigenvalue weighted by molar-refractivity contribution is -0.127. The zero-order valence-corrected chi connectivity index (χ0v) is 11.6.